The first-order chi connectivity index (χ1) is 7.72. The molecule has 0 amide bonds. The van der Waals surface area contributed by atoms with Gasteiger partial charge in [0.2, 0.25) is 0 Å². The van der Waals surface area contributed by atoms with Gasteiger partial charge in [-0.2, -0.15) is 0 Å². The summed E-state index contributed by atoms with van der Waals surface area (Å²) >= 11 is 3.43. The molecular weight excluding hydrogens is 272 g/mol. The zero-order valence-corrected chi connectivity index (χ0v) is 10.2. The maximum absolute atomic E-state index is 11.4. The second-order valence-corrected chi connectivity index (χ2v) is 4.05. The number of carbonyl (C=O) groups is 1. The van der Waals surface area contributed by atoms with E-state index in [1.807, 2.05) is 12.1 Å². The summed E-state index contributed by atoms with van der Waals surface area (Å²) in [5, 5.41) is 0. The molecule has 3 nitrogen and oxygen atoms in total. The molecule has 1 aromatic heterocycles. The fourth-order valence-corrected chi connectivity index (χ4v) is 1.88. The maximum Gasteiger partial charge on any atom is 0.337 e. The van der Waals surface area contributed by atoms with Crippen LogP contribution < -0.4 is 0 Å². The molecule has 0 aliphatic heterocycles. The molecule has 0 bridgehead atoms. The fraction of sp³-hybridized carbons (Fsp3) is 0.0833. The molecule has 0 fully saturated rings. The van der Waals surface area contributed by atoms with Gasteiger partial charge in [-0.25, -0.2) is 4.79 Å². The molecule has 0 atom stereocenters. The molecule has 0 spiro atoms. The Morgan fingerprint density at radius 3 is 2.81 bits per heavy atom. The van der Waals surface area contributed by atoms with Gasteiger partial charge in [0, 0.05) is 10.0 Å². The van der Waals surface area contributed by atoms with Crippen LogP contribution in [0, 0.1) is 0 Å². The number of furan rings is 1. The molecule has 0 saturated heterocycles. The van der Waals surface area contributed by atoms with E-state index in [0.29, 0.717) is 5.56 Å². The third-order valence-electron chi connectivity index (χ3n) is 2.22. The van der Waals surface area contributed by atoms with Crippen LogP contribution in [0.1, 0.15) is 10.4 Å². The smallest absolute Gasteiger partial charge is 0.337 e. The van der Waals surface area contributed by atoms with E-state index in [-0.39, 0.29) is 5.97 Å². The van der Waals surface area contributed by atoms with E-state index >= 15 is 0 Å². The number of carbonyl (C=O) groups excluding carboxylic acids is 1. The van der Waals surface area contributed by atoms with Gasteiger partial charge in [-0.15, -0.1) is 0 Å². The molecule has 0 unspecified atom stereocenters. The van der Waals surface area contributed by atoms with E-state index in [9.17, 15) is 4.79 Å². The number of hydrogen-bond donors (Lipinski definition) is 0. The molecule has 0 aliphatic rings. The molecule has 82 valence electrons. The van der Waals surface area contributed by atoms with Crippen molar-refractivity contribution < 1.29 is 13.9 Å². The summed E-state index contributed by atoms with van der Waals surface area (Å²) in [5.74, 6) is -0.350. The van der Waals surface area contributed by atoms with Gasteiger partial charge in [-0.1, -0.05) is 15.9 Å². The van der Waals surface area contributed by atoms with Crippen molar-refractivity contribution in [3.8, 4) is 11.1 Å². The molecule has 2 aromatic rings. The van der Waals surface area contributed by atoms with Crippen LogP contribution in [0.25, 0.3) is 11.1 Å². The molecular formula is C12H9BrO3. The van der Waals surface area contributed by atoms with Gasteiger partial charge in [-0.3, -0.25) is 0 Å². The van der Waals surface area contributed by atoms with Crippen LogP contribution in [0.3, 0.4) is 0 Å². The van der Waals surface area contributed by atoms with Crippen molar-refractivity contribution in [2.75, 3.05) is 7.11 Å². The van der Waals surface area contributed by atoms with E-state index < -0.39 is 0 Å². The number of rotatable bonds is 2. The van der Waals surface area contributed by atoms with Crippen molar-refractivity contribution in [2.45, 2.75) is 0 Å². The summed E-state index contributed by atoms with van der Waals surface area (Å²) in [5.41, 5.74) is 2.33. The number of esters is 1. The monoisotopic (exact) mass is 280 g/mol. The molecule has 0 aliphatic carbocycles. The second-order valence-electron chi connectivity index (χ2n) is 3.20. The molecule has 1 aromatic carbocycles. The molecule has 0 radical (unpaired) electrons. The van der Waals surface area contributed by atoms with Gasteiger partial charge in [0.1, 0.15) is 0 Å². The number of halogens is 1. The lowest BCUT2D eigenvalue weighted by Crippen LogP contribution is -2.01. The summed E-state index contributed by atoms with van der Waals surface area (Å²) in [6.07, 6.45) is 3.22. The predicted octanol–water partition coefficient (Wildman–Crippen LogP) is 3.50. The van der Waals surface area contributed by atoms with E-state index in [4.69, 9.17) is 4.42 Å². The summed E-state index contributed by atoms with van der Waals surface area (Å²) in [6.45, 7) is 0. The van der Waals surface area contributed by atoms with E-state index in [1.165, 1.54) is 7.11 Å². The second kappa shape index (κ2) is 4.53. The first-order valence-electron chi connectivity index (χ1n) is 4.63. The number of ether oxygens (including phenoxy) is 1. The minimum atomic E-state index is -0.350. The molecule has 0 N–H and O–H groups in total. The number of methoxy groups -OCH3 is 1. The van der Waals surface area contributed by atoms with Crippen LogP contribution >= 0.6 is 15.9 Å². The number of benzene rings is 1. The lowest BCUT2D eigenvalue weighted by molar-refractivity contribution is 0.0601. The third kappa shape index (κ3) is 2.02. The van der Waals surface area contributed by atoms with Crippen LogP contribution in [0.2, 0.25) is 0 Å². The Kier molecular flexibility index (Phi) is 3.10. The average Bonchev–Trinajstić information content (AvgIpc) is 2.82. The first kappa shape index (κ1) is 11.0. The Labute approximate surface area is 101 Å². The van der Waals surface area contributed by atoms with Crippen molar-refractivity contribution in [2.24, 2.45) is 0 Å². The van der Waals surface area contributed by atoms with Crippen molar-refractivity contribution in [1.29, 1.82) is 0 Å². The third-order valence-corrected chi connectivity index (χ3v) is 2.91. The molecule has 0 saturated carbocycles. The minimum absolute atomic E-state index is 0.350. The van der Waals surface area contributed by atoms with Crippen molar-refractivity contribution in [1.82, 2.24) is 0 Å². The van der Waals surface area contributed by atoms with Gasteiger partial charge < -0.3 is 9.15 Å². The van der Waals surface area contributed by atoms with E-state index in [2.05, 4.69) is 20.7 Å². The van der Waals surface area contributed by atoms with Crippen molar-refractivity contribution >= 4 is 21.9 Å². The Balaban J connectivity index is 2.49. The quantitative estimate of drug-likeness (QED) is 0.791. The first-order valence-corrected chi connectivity index (χ1v) is 5.42. The van der Waals surface area contributed by atoms with E-state index in [1.54, 1.807) is 24.7 Å². The van der Waals surface area contributed by atoms with Gasteiger partial charge in [-0.05, 0) is 29.8 Å². The van der Waals surface area contributed by atoms with E-state index in [0.717, 1.165) is 15.6 Å². The highest BCUT2D eigenvalue weighted by Gasteiger charge is 2.10. The zero-order chi connectivity index (χ0) is 11.5. The zero-order valence-electron chi connectivity index (χ0n) is 8.57. The van der Waals surface area contributed by atoms with Gasteiger partial charge in [0.25, 0.3) is 0 Å². The predicted molar refractivity (Wildman–Crippen MR) is 63.2 cm³/mol. The van der Waals surface area contributed by atoms with Crippen molar-refractivity contribution in [3.63, 3.8) is 0 Å². The highest BCUT2D eigenvalue weighted by atomic mass is 79.9. The van der Waals surface area contributed by atoms with Crippen LogP contribution in [0.4, 0.5) is 0 Å². The normalized spacial score (nSPS) is 10.1. The summed E-state index contributed by atoms with van der Waals surface area (Å²) in [4.78, 5) is 11.4. The van der Waals surface area contributed by atoms with Crippen LogP contribution in [-0.4, -0.2) is 13.1 Å². The topological polar surface area (TPSA) is 39.4 Å². The standard InChI is InChI=1S/C12H9BrO3/c1-15-12(14)8-2-3-11(13)10(6-8)9-4-5-16-7-9/h2-7H,1H3. The highest BCUT2D eigenvalue weighted by molar-refractivity contribution is 9.10. The molecule has 16 heavy (non-hydrogen) atoms. The lowest BCUT2D eigenvalue weighted by Gasteiger charge is -2.04. The van der Waals surface area contributed by atoms with Crippen LogP contribution in [0.5, 0.6) is 0 Å². The minimum Gasteiger partial charge on any atom is -0.472 e. The Hall–Kier alpha value is -1.55. The summed E-state index contributed by atoms with van der Waals surface area (Å²) in [6, 6.07) is 7.12. The van der Waals surface area contributed by atoms with Gasteiger partial charge >= 0.3 is 5.97 Å². The summed E-state index contributed by atoms with van der Waals surface area (Å²) < 4.78 is 10.6. The fourth-order valence-electron chi connectivity index (χ4n) is 1.41. The lowest BCUT2D eigenvalue weighted by atomic mass is 10.1. The number of hydrogen-bond acceptors (Lipinski definition) is 3. The van der Waals surface area contributed by atoms with Gasteiger partial charge in [0.05, 0.1) is 25.2 Å². The maximum atomic E-state index is 11.4. The average molecular weight is 281 g/mol. The van der Waals surface area contributed by atoms with Crippen molar-refractivity contribution in [3.05, 3.63) is 46.8 Å². The van der Waals surface area contributed by atoms with Crippen LogP contribution in [-0.2, 0) is 4.74 Å². The molecule has 4 heteroatoms. The highest BCUT2D eigenvalue weighted by Crippen LogP contribution is 2.29. The Morgan fingerprint density at radius 1 is 1.38 bits per heavy atom. The Morgan fingerprint density at radius 2 is 2.19 bits per heavy atom. The largest absolute Gasteiger partial charge is 0.472 e. The SMILES string of the molecule is COC(=O)c1ccc(Br)c(-c2ccoc2)c1. The summed E-state index contributed by atoms with van der Waals surface area (Å²) in [7, 11) is 1.36. The van der Waals surface area contributed by atoms with Gasteiger partial charge in [0.15, 0.2) is 0 Å². The molecule has 1 heterocycles. The van der Waals surface area contributed by atoms with Crippen LogP contribution in [0.15, 0.2) is 45.7 Å². The molecule has 2 rings (SSSR count). The Bertz CT molecular complexity index is 503.